The van der Waals surface area contributed by atoms with Crippen LogP contribution in [0.5, 0.6) is 0 Å². The third-order valence-electron chi connectivity index (χ3n) is 5.86. The number of hydrogen-bond donors (Lipinski definition) is 3. The van der Waals surface area contributed by atoms with Gasteiger partial charge in [-0.05, 0) is 49.9 Å². The van der Waals surface area contributed by atoms with Crippen LogP contribution in [-0.2, 0) is 10.0 Å². The number of urea groups is 1. The molecule has 0 bridgehead atoms. The SMILES string of the molecule is CCCCNC(=O)NS(=O)(=O)c1ccc(NC(=O)c2cc([N+](=O)[O-])c(N3CCCCC3)c([N+](=O)[O-])c2)cc1. The van der Waals surface area contributed by atoms with Crippen LogP contribution in [0.2, 0.25) is 0 Å². The molecule has 38 heavy (non-hydrogen) atoms. The first-order valence-corrected chi connectivity index (χ1v) is 13.5. The molecule has 0 aliphatic carbocycles. The van der Waals surface area contributed by atoms with Crippen LogP contribution in [0, 0.1) is 20.2 Å². The highest BCUT2D eigenvalue weighted by molar-refractivity contribution is 7.90. The average Bonchev–Trinajstić information content (AvgIpc) is 2.88. The van der Waals surface area contributed by atoms with Crippen LogP contribution in [0.1, 0.15) is 49.4 Å². The number of benzene rings is 2. The molecule has 0 saturated carbocycles. The Kier molecular flexibility index (Phi) is 9.17. The van der Waals surface area contributed by atoms with Gasteiger partial charge >= 0.3 is 6.03 Å². The number of amides is 3. The smallest absolute Gasteiger partial charge is 0.328 e. The molecule has 1 heterocycles. The van der Waals surface area contributed by atoms with Gasteiger partial charge in [-0.1, -0.05) is 13.3 Å². The van der Waals surface area contributed by atoms with Gasteiger partial charge < -0.3 is 15.5 Å². The summed E-state index contributed by atoms with van der Waals surface area (Å²) in [4.78, 5) is 48.1. The molecule has 0 radical (unpaired) electrons. The molecule has 1 fully saturated rings. The van der Waals surface area contributed by atoms with Gasteiger partial charge in [0.25, 0.3) is 27.3 Å². The predicted octanol–water partition coefficient (Wildman–Crippen LogP) is 3.53. The zero-order valence-electron chi connectivity index (χ0n) is 20.6. The van der Waals surface area contributed by atoms with E-state index in [1.165, 1.54) is 12.1 Å². The molecule has 204 valence electrons. The Labute approximate surface area is 218 Å². The maximum atomic E-state index is 12.9. The lowest BCUT2D eigenvalue weighted by atomic mass is 10.1. The van der Waals surface area contributed by atoms with Gasteiger partial charge in [0.2, 0.25) is 0 Å². The molecule has 15 heteroatoms. The molecular formula is C23H28N6O8S. The zero-order chi connectivity index (χ0) is 27.9. The number of nitrogens with one attached hydrogen (secondary N) is 3. The Morgan fingerprint density at radius 1 is 0.974 bits per heavy atom. The fourth-order valence-electron chi connectivity index (χ4n) is 3.97. The first-order valence-electron chi connectivity index (χ1n) is 12.0. The van der Waals surface area contributed by atoms with Gasteiger partial charge in [-0.2, -0.15) is 0 Å². The second-order valence-electron chi connectivity index (χ2n) is 8.62. The lowest BCUT2D eigenvalue weighted by Gasteiger charge is -2.28. The summed E-state index contributed by atoms with van der Waals surface area (Å²) in [7, 11) is -4.17. The number of unbranched alkanes of at least 4 members (excludes halogenated alkanes) is 1. The number of nitrogens with zero attached hydrogens (tertiary/aromatic N) is 3. The highest BCUT2D eigenvalue weighted by atomic mass is 32.2. The molecule has 2 aromatic rings. The minimum Gasteiger partial charge on any atom is -0.360 e. The molecule has 0 atom stereocenters. The zero-order valence-corrected chi connectivity index (χ0v) is 21.5. The van der Waals surface area contributed by atoms with Gasteiger partial charge in [-0.15, -0.1) is 0 Å². The van der Waals surface area contributed by atoms with Crippen molar-refractivity contribution in [2.45, 2.75) is 43.9 Å². The number of piperidine rings is 1. The summed E-state index contributed by atoms with van der Waals surface area (Å²) < 4.78 is 26.7. The average molecular weight is 549 g/mol. The number of sulfonamides is 1. The molecule has 0 aromatic heterocycles. The van der Waals surface area contributed by atoms with E-state index in [0.29, 0.717) is 26.1 Å². The van der Waals surface area contributed by atoms with Gasteiger partial charge in [0.15, 0.2) is 5.69 Å². The largest absolute Gasteiger partial charge is 0.360 e. The van der Waals surface area contributed by atoms with E-state index in [9.17, 15) is 38.2 Å². The normalized spacial score (nSPS) is 13.4. The minimum absolute atomic E-state index is 0.128. The predicted molar refractivity (Wildman–Crippen MR) is 139 cm³/mol. The fourth-order valence-corrected chi connectivity index (χ4v) is 4.90. The molecule has 1 aliphatic heterocycles. The lowest BCUT2D eigenvalue weighted by Crippen LogP contribution is -2.39. The van der Waals surface area contributed by atoms with Gasteiger partial charge in [-0.25, -0.2) is 17.9 Å². The molecule has 1 aliphatic rings. The minimum atomic E-state index is -4.17. The monoisotopic (exact) mass is 548 g/mol. The number of nitro benzene ring substituents is 2. The third-order valence-corrected chi connectivity index (χ3v) is 7.21. The number of nitro groups is 2. The summed E-state index contributed by atoms with van der Waals surface area (Å²) in [6.45, 7) is 3.09. The van der Waals surface area contributed by atoms with Gasteiger partial charge in [0, 0.05) is 37.5 Å². The van der Waals surface area contributed by atoms with E-state index >= 15 is 0 Å². The third kappa shape index (κ3) is 6.94. The second-order valence-corrected chi connectivity index (χ2v) is 10.3. The van der Waals surface area contributed by atoms with Crippen LogP contribution >= 0.6 is 0 Å². The van der Waals surface area contributed by atoms with E-state index in [1.807, 2.05) is 11.6 Å². The highest BCUT2D eigenvalue weighted by Crippen LogP contribution is 2.40. The van der Waals surface area contributed by atoms with Gasteiger partial charge in [0.05, 0.1) is 20.3 Å². The van der Waals surface area contributed by atoms with Crippen molar-refractivity contribution in [3.05, 3.63) is 62.2 Å². The van der Waals surface area contributed by atoms with E-state index in [4.69, 9.17) is 0 Å². The summed E-state index contributed by atoms with van der Waals surface area (Å²) in [5.41, 5.74) is -1.39. The van der Waals surface area contributed by atoms with E-state index < -0.39 is 43.2 Å². The number of carbonyl (C=O) groups is 2. The van der Waals surface area contributed by atoms with Crippen LogP contribution in [0.4, 0.5) is 27.5 Å². The quantitative estimate of drug-likeness (QED) is 0.226. The number of rotatable bonds is 10. The Morgan fingerprint density at radius 2 is 1.55 bits per heavy atom. The summed E-state index contributed by atoms with van der Waals surface area (Å²) in [5.74, 6) is -0.856. The maximum Gasteiger partial charge on any atom is 0.328 e. The van der Waals surface area contributed by atoms with Gasteiger partial charge in [-0.3, -0.25) is 25.0 Å². The molecule has 3 amide bonds. The van der Waals surface area contributed by atoms with Gasteiger partial charge in [0.1, 0.15) is 0 Å². The van der Waals surface area contributed by atoms with Crippen molar-refractivity contribution in [1.82, 2.24) is 10.0 Å². The van der Waals surface area contributed by atoms with Crippen molar-refractivity contribution < 1.29 is 27.9 Å². The molecule has 1 saturated heterocycles. The summed E-state index contributed by atoms with van der Waals surface area (Å²) in [6.07, 6.45) is 3.90. The summed E-state index contributed by atoms with van der Waals surface area (Å²) >= 11 is 0. The van der Waals surface area contributed by atoms with Crippen LogP contribution < -0.4 is 20.3 Å². The molecule has 14 nitrogen and oxygen atoms in total. The van der Waals surface area contributed by atoms with E-state index in [0.717, 1.165) is 49.9 Å². The topological polar surface area (TPSA) is 194 Å². The van der Waals surface area contributed by atoms with Crippen molar-refractivity contribution in [2.75, 3.05) is 29.9 Å². The number of hydrogen-bond acceptors (Lipinski definition) is 9. The first kappa shape index (κ1) is 28.3. The van der Waals surface area contributed by atoms with Crippen molar-refractivity contribution in [3.8, 4) is 0 Å². The lowest BCUT2D eigenvalue weighted by molar-refractivity contribution is -0.392. The Balaban J connectivity index is 1.81. The highest BCUT2D eigenvalue weighted by Gasteiger charge is 2.33. The van der Waals surface area contributed by atoms with Crippen molar-refractivity contribution in [3.63, 3.8) is 0 Å². The Bertz CT molecular complexity index is 1290. The fraction of sp³-hybridized carbons (Fsp3) is 0.391. The van der Waals surface area contributed by atoms with Crippen LogP contribution in [-0.4, -0.2) is 49.8 Å². The van der Waals surface area contributed by atoms with Crippen molar-refractivity contribution in [2.24, 2.45) is 0 Å². The summed E-state index contributed by atoms with van der Waals surface area (Å²) in [6, 6.07) is 5.94. The second kappa shape index (κ2) is 12.3. The van der Waals surface area contributed by atoms with E-state index in [-0.39, 0.29) is 21.8 Å². The molecule has 2 aromatic carbocycles. The Hall–Kier alpha value is -4.27. The van der Waals surface area contributed by atoms with E-state index in [1.54, 1.807) is 4.90 Å². The molecule has 0 spiro atoms. The first-order chi connectivity index (χ1) is 18.0. The Morgan fingerprint density at radius 3 is 2.08 bits per heavy atom. The van der Waals surface area contributed by atoms with Crippen LogP contribution in [0.15, 0.2) is 41.3 Å². The van der Waals surface area contributed by atoms with E-state index in [2.05, 4.69) is 10.6 Å². The van der Waals surface area contributed by atoms with Crippen molar-refractivity contribution in [1.29, 1.82) is 0 Å². The van der Waals surface area contributed by atoms with Crippen LogP contribution in [0.25, 0.3) is 0 Å². The molecular weight excluding hydrogens is 520 g/mol. The summed E-state index contributed by atoms with van der Waals surface area (Å²) in [5, 5.41) is 28.5. The number of carbonyl (C=O) groups excluding carboxylic acids is 2. The van der Waals surface area contributed by atoms with Crippen molar-refractivity contribution >= 4 is 44.7 Å². The maximum absolute atomic E-state index is 12.9. The molecule has 0 unspecified atom stereocenters. The number of anilines is 2. The molecule has 3 rings (SSSR count). The molecule has 3 N–H and O–H groups in total. The standard InChI is InChI=1S/C23H28N6O8S/c1-2-3-11-24-23(31)26-38(36,37)18-9-7-17(8-10-18)25-22(30)16-14-19(28(32)33)21(20(15-16)29(34)35)27-12-5-4-6-13-27/h7-10,14-15H,2-6,11-13H2,1H3,(H,25,30)(H2,24,26,31). The van der Waals surface area contributed by atoms with Crippen LogP contribution in [0.3, 0.4) is 0 Å².